The van der Waals surface area contributed by atoms with E-state index in [4.69, 9.17) is 5.73 Å². The maximum atomic E-state index is 12.4. The van der Waals surface area contributed by atoms with E-state index in [1.165, 1.54) is 19.2 Å². The van der Waals surface area contributed by atoms with Gasteiger partial charge in [-0.05, 0) is 38.5 Å². The average molecular weight is 272 g/mol. The summed E-state index contributed by atoms with van der Waals surface area (Å²) in [6.07, 6.45) is 0. The number of rotatable bonds is 4. The highest BCUT2D eigenvalue weighted by molar-refractivity contribution is 7.89. The lowest BCUT2D eigenvalue weighted by molar-refractivity contribution is 0.138. The first-order valence-electron chi connectivity index (χ1n) is 5.59. The van der Waals surface area contributed by atoms with E-state index in [2.05, 4.69) is 0 Å². The minimum atomic E-state index is -3.65. The van der Waals surface area contributed by atoms with Gasteiger partial charge in [-0.25, -0.2) is 8.42 Å². The van der Waals surface area contributed by atoms with E-state index in [-0.39, 0.29) is 11.5 Å². The van der Waals surface area contributed by atoms with Gasteiger partial charge in [-0.15, -0.1) is 0 Å². The third kappa shape index (κ3) is 2.66. The molecule has 0 aliphatic heterocycles. The van der Waals surface area contributed by atoms with Gasteiger partial charge in [0.1, 0.15) is 0 Å². The third-order valence-corrected chi connectivity index (χ3v) is 5.21. The van der Waals surface area contributed by atoms with E-state index in [1.807, 2.05) is 6.92 Å². The first-order valence-corrected chi connectivity index (χ1v) is 7.03. The van der Waals surface area contributed by atoms with Crippen LogP contribution < -0.4 is 5.73 Å². The van der Waals surface area contributed by atoms with Crippen LogP contribution in [0.2, 0.25) is 0 Å². The van der Waals surface area contributed by atoms with E-state index in [9.17, 15) is 13.5 Å². The molecule has 1 aromatic rings. The quantitative estimate of drug-likeness (QED) is 0.800. The molecule has 5 nitrogen and oxygen atoms in total. The van der Waals surface area contributed by atoms with Crippen molar-refractivity contribution in [3.05, 3.63) is 23.8 Å². The number of aliphatic hydroxyl groups is 1. The van der Waals surface area contributed by atoms with E-state index in [1.54, 1.807) is 19.9 Å². The number of anilines is 1. The fraction of sp³-hybridized carbons (Fsp3) is 0.500. The van der Waals surface area contributed by atoms with Crippen LogP contribution in [0, 0.1) is 6.92 Å². The summed E-state index contributed by atoms with van der Waals surface area (Å²) in [7, 11) is -2.21. The summed E-state index contributed by atoms with van der Waals surface area (Å²) in [6.45, 7) is 4.86. The highest BCUT2D eigenvalue weighted by Gasteiger charge is 2.33. The minimum Gasteiger partial charge on any atom is -0.398 e. The smallest absolute Gasteiger partial charge is 0.243 e. The Labute approximate surface area is 108 Å². The second-order valence-corrected chi connectivity index (χ2v) is 6.93. The zero-order chi connectivity index (χ0) is 14.1. The Morgan fingerprint density at radius 3 is 2.39 bits per heavy atom. The molecule has 0 spiro atoms. The number of hydrogen-bond donors (Lipinski definition) is 2. The Morgan fingerprint density at radius 2 is 1.94 bits per heavy atom. The summed E-state index contributed by atoms with van der Waals surface area (Å²) < 4.78 is 25.9. The van der Waals surface area contributed by atoms with Gasteiger partial charge >= 0.3 is 0 Å². The van der Waals surface area contributed by atoms with Crippen molar-refractivity contribution in [3.63, 3.8) is 0 Å². The van der Waals surface area contributed by atoms with Crippen molar-refractivity contribution in [1.29, 1.82) is 0 Å². The predicted molar refractivity (Wildman–Crippen MR) is 71.7 cm³/mol. The van der Waals surface area contributed by atoms with E-state index in [0.29, 0.717) is 5.69 Å². The summed E-state index contributed by atoms with van der Waals surface area (Å²) in [5.74, 6) is 0. The number of hydrogen-bond acceptors (Lipinski definition) is 4. The molecule has 0 atom stereocenters. The lowest BCUT2D eigenvalue weighted by atomic mass is 10.1. The highest BCUT2D eigenvalue weighted by Crippen LogP contribution is 2.24. The third-order valence-electron chi connectivity index (χ3n) is 3.15. The zero-order valence-electron chi connectivity index (χ0n) is 11.1. The molecule has 1 aromatic carbocycles. The Morgan fingerprint density at radius 1 is 1.39 bits per heavy atom. The maximum absolute atomic E-state index is 12.4. The average Bonchev–Trinajstić information content (AvgIpc) is 2.31. The van der Waals surface area contributed by atoms with Crippen molar-refractivity contribution in [2.45, 2.75) is 31.2 Å². The highest BCUT2D eigenvalue weighted by atomic mass is 32.2. The molecule has 0 heterocycles. The summed E-state index contributed by atoms with van der Waals surface area (Å²) in [5.41, 5.74) is 6.13. The van der Waals surface area contributed by atoms with E-state index in [0.717, 1.165) is 9.87 Å². The molecule has 0 fully saturated rings. The Hall–Kier alpha value is -1.11. The number of aryl methyl sites for hydroxylation is 1. The lowest BCUT2D eigenvalue weighted by Gasteiger charge is -2.32. The van der Waals surface area contributed by atoms with Crippen LogP contribution in [0.4, 0.5) is 5.69 Å². The van der Waals surface area contributed by atoms with Crippen LogP contribution in [-0.2, 0) is 10.0 Å². The van der Waals surface area contributed by atoms with E-state index >= 15 is 0 Å². The minimum absolute atomic E-state index is 0.134. The van der Waals surface area contributed by atoms with Crippen LogP contribution in [0.5, 0.6) is 0 Å². The lowest BCUT2D eigenvalue weighted by Crippen LogP contribution is -2.47. The first-order chi connectivity index (χ1) is 8.13. The largest absolute Gasteiger partial charge is 0.398 e. The molecule has 18 heavy (non-hydrogen) atoms. The zero-order valence-corrected chi connectivity index (χ0v) is 12.0. The molecular formula is C12H20N2O3S. The number of likely N-dealkylation sites (N-methyl/N-ethyl adjacent to an activating group) is 1. The van der Waals surface area contributed by atoms with Crippen molar-refractivity contribution in [2.75, 3.05) is 19.4 Å². The molecule has 102 valence electrons. The van der Waals surface area contributed by atoms with Crippen molar-refractivity contribution in [2.24, 2.45) is 0 Å². The van der Waals surface area contributed by atoms with Crippen LogP contribution in [0.15, 0.2) is 23.1 Å². The summed E-state index contributed by atoms with van der Waals surface area (Å²) >= 11 is 0. The monoisotopic (exact) mass is 272 g/mol. The molecule has 0 bridgehead atoms. The fourth-order valence-corrected chi connectivity index (χ4v) is 2.90. The van der Waals surface area contributed by atoms with E-state index < -0.39 is 15.6 Å². The molecule has 1 rings (SSSR count). The molecule has 0 amide bonds. The molecule has 3 N–H and O–H groups in total. The molecule has 0 aliphatic rings. The van der Waals surface area contributed by atoms with Gasteiger partial charge in [0.25, 0.3) is 0 Å². The predicted octanol–water partition coefficient (Wildman–Crippen LogP) is 0.969. The van der Waals surface area contributed by atoms with Gasteiger partial charge in [-0.1, -0.05) is 6.07 Å². The second-order valence-electron chi connectivity index (χ2n) is 4.96. The fourth-order valence-electron chi connectivity index (χ4n) is 1.36. The van der Waals surface area contributed by atoms with Crippen LogP contribution in [0.3, 0.4) is 0 Å². The number of sulfonamides is 1. The van der Waals surface area contributed by atoms with Crippen molar-refractivity contribution in [1.82, 2.24) is 4.31 Å². The normalized spacial score (nSPS) is 13.0. The van der Waals surface area contributed by atoms with Gasteiger partial charge in [0.05, 0.1) is 17.0 Å². The van der Waals surface area contributed by atoms with Crippen molar-refractivity contribution in [3.8, 4) is 0 Å². The maximum Gasteiger partial charge on any atom is 0.243 e. The Kier molecular flexibility index (Phi) is 4.05. The Bertz CT molecular complexity index is 538. The van der Waals surface area contributed by atoms with Crippen LogP contribution in [-0.4, -0.2) is 37.0 Å². The van der Waals surface area contributed by atoms with Crippen LogP contribution in [0.1, 0.15) is 19.4 Å². The molecule has 0 aliphatic carbocycles. The molecule has 6 heteroatoms. The Balaban J connectivity index is 3.26. The van der Waals surface area contributed by atoms with Gasteiger partial charge in [0.2, 0.25) is 10.0 Å². The SMILES string of the molecule is Cc1ccc(S(=O)(=O)N(C)C(C)(C)CO)cc1N. The molecule has 0 unspecified atom stereocenters. The number of nitrogens with zero attached hydrogens (tertiary/aromatic N) is 1. The van der Waals surface area contributed by atoms with Gasteiger partial charge < -0.3 is 10.8 Å². The van der Waals surface area contributed by atoms with Gasteiger partial charge in [0.15, 0.2) is 0 Å². The number of nitrogen functional groups attached to an aromatic ring is 1. The first kappa shape index (κ1) is 14.9. The molecular weight excluding hydrogens is 252 g/mol. The molecule has 0 saturated heterocycles. The number of aliphatic hydroxyl groups excluding tert-OH is 1. The number of benzene rings is 1. The molecule has 0 aromatic heterocycles. The van der Waals surface area contributed by atoms with Gasteiger partial charge in [0, 0.05) is 12.7 Å². The van der Waals surface area contributed by atoms with Gasteiger partial charge in [-0.2, -0.15) is 4.31 Å². The van der Waals surface area contributed by atoms with Crippen molar-refractivity contribution >= 4 is 15.7 Å². The van der Waals surface area contributed by atoms with Crippen LogP contribution in [0.25, 0.3) is 0 Å². The van der Waals surface area contributed by atoms with Crippen LogP contribution >= 0.6 is 0 Å². The second kappa shape index (κ2) is 4.87. The topological polar surface area (TPSA) is 83.6 Å². The summed E-state index contributed by atoms with van der Waals surface area (Å²) in [5, 5.41) is 9.24. The molecule has 0 saturated carbocycles. The number of nitrogens with two attached hydrogens (primary N) is 1. The summed E-state index contributed by atoms with van der Waals surface area (Å²) in [4.78, 5) is 0.134. The van der Waals surface area contributed by atoms with Crippen molar-refractivity contribution < 1.29 is 13.5 Å². The van der Waals surface area contributed by atoms with Gasteiger partial charge in [-0.3, -0.25) is 0 Å². The molecule has 0 radical (unpaired) electrons. The standard InChI is InChI=1S/C12H20N2O3S/c1-9-5-6-10(7-11(9)13)18(16,17)14(4)12(2,3)8-15/h5-7,15H,8,13H2,1-4H3. The summed E-state index contributed by atoms with van der Waals surface area (Å²) in [6, 6.07) is 4.63.